The molecule has 0 aromatic carbocycles. The van der Waals surface area contributed by atoms with Crippen molar-refractivity contribution in [3.63, 3.8) is 0 Å². The average Bonchev–Trinajstić information content (AvgIpc) is 2.70. The van der Waals surface area contributed by atoms with Crippen LogP contribution >= 0.6 is 0 Å². The van der Waals surface area contributed by atoms with Crippen LogP contribution in [0.15, 0.2) is 11.6 Å². The highest BCUT2D eigenvalue weighted by molar-refractivity contribution is 7.89. The third-order valence-electron chi connectivity index (χ3n) is 2.61. The summed E-state index contributed by atoms with van der Waals surface area (Å²) in [6.07, 6.45) is 4.18. The van der Waals surface area contributed by atoms with E-state index >= 15 is 0 Å². The van der Waals surface area contributed by atoms with E-state index in [1.807, 2.05) is 13.0 Å². The minimum Gasteiger partial charge on any atom is -0.212 e. The molecule has 1 aliphatic heterocycles. The molecular weight excluding hydrogens is 186 g/mol. The van der Waals surface area contributed by atoms with E-state index in [-0.39, 0.29) is 0 Å². The molecule has 0 spiro atoms. The smallest absolute Gasteiger partial charge is 0.212 e. The molecule has 0 saturated heterocycles. The van der Waals surface area contributed by atoms with Crippen molar-refractivity contribution in [2.24, 2.45) is 5.92 Å². The lowest BCUT2D eigenvalue weighted by molar-refractivity contribution is 0.481. The molecule has 4 heteroatoms. The van der Waals surface area contributed by atoms with Crippen LogP contribution in [0.3, 0.4) is 0 Å². The molecule has 0 atom stereocenters. The quantitative estimate of drug-likeness (QED) is 0.638. The first-order chi connectivity index (χ1) is 6.08. The van der Waals surface area contributed by atoms with Crippen molar-refractivity contribution in [1.29, 1.82) is 0 Å². The van der Waals surface area contributed by atoms with Crippen molar-refractivity contribution in [3.8, 4) is 0 Å². The van der Waals surface area contributed by atoms with Crippen LogP contribution in [-0.4, -0.2) is 31.6 Å². The Labute approximate surface area is 79.5 Å². The standard InChI is InChI=1S/C9H15NO2S/c1-8-4-5-10(6-8)13(11,12)7-9-2-3-9/h4,9H,2-3,5-7H2,1H3. The van der Waals surface area contributed by atoms with Crippen LogP contribution in [0, 0.1) is 5.92 Å². The summed E-state index contributed by atoms with van der Waals surface area (Å²) in [5.74, 6) is 0.819. The van der Waals surface area contributed by atoms with Crippen LogP contribution in [0.5, 0.6) is 0 Å². The van der Waals surface area contributed by atoms with E-state index in [9.17, 15) is 8.42 Å². The molecule has 1 heterocycles. The summed E-state index contributed by atoms with van der Waals surface area (Å²) in [6, 6.07) is 0. The first-order valence-electron chi connectivity index (χ1n) is 4.71. The number of nitrogens with zero attached hydrogens (tertiary/aromatic N) is 1. The summed E-state index contributed by atoms with van der Waals surface area (Å²) in [6.45, 7) is 3.17. The van der Waals surface area contributed by atoms with Crippen LogP contribution in [0.4, 0.5) is 0 Å². The SMILES string of the molecule is CC1=CCN(S(=O)(=O)CC2CC2)C1. The maximum Gasteiger partial charge on any atom is 0.214 e. The fraction of sp³-hybridized carbons (Fsp3) is 0.778. The van der Waals surface area contributed by atoms with Gasteiger partial charge in [-0.1, -0.05) is 11.6 Å². The lowest BCUT2D eigenvalue weighted by atomic mass is 10.3. The number of hydrogen-bond donors (Lipinski definition) is 0. The normalized spacial score (nSPS) is 24.8. The van der Waals surface area contributed by atoms with E-state index in [0.717, 1.165) is 12.8 Å². The molecular formula is C9H15NO2S. The van der Waals surface area contributed by atoms with Gasteiger partial charge in [-0.25, -0.2) is 8.42 Å². The van der Waals surface area contributed by atoms with Gasteiger partial charge in [0.2, 0.25) is 10.0 Å². The third-order valence-corrected chi connectivity index (χ3v) is 4.56. The van der Waals surface area contributed by atoms with Gasteiger partial charge in [-0.2, -0.15) is 4.31 Å². The predicted octanol–water partition coefficient (Wildman–Crippen LogP) is 0.988. The Balaban J connectivity index is 1.99. The lowest BCUT2D eigenvalue weighted by Crippen LogP contribution is -2.31. The third kappa shape index (κ3) is 2.11. The van der Waals surface area contributed by atoms with E-state index in [1.54, 1.807) is 4.31 Å². The van der Waals surface area contributed by atoms with Crippen LogP contribution in [0.25, 0.3) is 0 Å². The molecule has 13 heavy (non-hydrogen) atoms. The van der Waals surface area contributed by atoms with E-state index in [1.165, 1.54) is 5.57 Å². The van der Waals surface area contributed by atoms with Crippen LogP contribution in [0.1, 0.15) is 19.8 Å². The van der Waals surface area contributed by atoms with Gasteiger partial charge in [-0.05, 0) is 25.7 Å². The van der Waals surface area contributed by atoms with Crippen molar-refractivity contribution in [3.05, 3.63) is 11.6 Å². The Morgan fingerprint density at radius 2 is 2.23 bits per heavy atom. The second-order valence-corrected chi connectivity index (χ2v) is 6.08. The van der Waals surface area contributed by atoms with Crippen molar-refractivity contribution in [2.45, 2.75) is 19.8 Å². The van der Waals surface area contributed by atoms with E-state index in [0.29, 0.717) is 24.8 Å². The van der Waals surface area contributed by atoms with Crippen molar-refractivity contribution in [2.75, 3.05) is 18.8 Å². The highest BCUT2D eigenvalue weighted by Crippen LogP contribution is 2.31. The zero-order valence-electron chi connectivity index (χ0n) is 7.86. The first kappa shape index (κ1) is 9.21. The van der Waals surface area contributed by atoms with Gasteiger partial charge in [0.05, 0.1) is 5.75 Å². The van der Waals surface area contributed by atoms with Crippen LogP contribution < -0.4 is 0 Å². The fourth-order valence-electron chi connectivity index (χ4n) is 1.56. The summed E-state index contributed by atoms with van der Waals surface area (Å²) < 4.78 is 25.0. The molecule has 0 amide bonds. The fourth-order valence-corrected chi connectivity index (χ4v) is 3.41. The van der Waals surface area contributed by atoms with Crippen LogP contribution in [-0.2, 0) is 10.0 Å². The average molecular weight is 201 g/mol. The topological polar surface area (TPSA) is 37.4 Å². The highest BCUT2D eigenvalue weighted by atomic mass is 32.2. The van der Waals surface area contributed by atoms with E-state index in [4.69, 9.17) is 0 Å². The minimum atomic E-state index is -2.95. The Kier molecular flexibility index (Phi) is 2.20. The van der Waals surface area contributed by atoms with Gasteiger partial charge in [-0.3, -0.25) is 0 Å². The highest BCUT2D eigenvalue weighted by Gasteiger charge is 2.32. The molecule has 0 aromatic heterocycles. The minimum absolute atomic E-state index is 0.369. The Morgan fingerprint density at radius 1 is 1.54 bits per heavy atom. The number of hydrogen-bond acceptors (Lipinski definition) is 2. The molecule has 0 bridgehead atoms. The van der Waals surface area contributed by atoms with Gasteiger partial charge in [0.1, 0.15) is 0 Å². The molecule has 1 fully saturated rings. The van der Waals surface area contributed by atoms with Crippen molar-refractivity contribution >= 4 is 10.0 Å². The maximum absolute atomic E-state index is 11.7. The van der Waals surface area contributed by atoms with Gasteiger partial charge in [-0.15, -0.1) is 0 Å². The van der Waals surface area contributed by atoms with Crippen LogP contribution in [0.2, 0.25) is 0 Å². The molecule has 74 valence electrons. The summed E-state index contributed by atoms with van der Waals surface area (Å²) in [4.78, 5) is 0. The van der Waals surface area contributed by atoms with Gasteiger partial charge in [0, 0.05) is 13.1 Å². The lowest BCUT2D eigenvalue weighted by Gasteiger charge is -2.15. The second-order valence-electron chi connectivity index (χ2n) is 4.06. The zero-order valence-corrected chi connectivity index (χ0v) is 8.68. The zero-order chi connectivity index (χ0) is 9.47. The van der Waals surface area contributed by atoms with E-state index in [2.05, 4.69) is 0 Å². The first-order valence-corrected chi connectivity index (χ1v) is 6.32. The van der Waals surface area contributed by atoms with Crippen molar-refractivity contribution < 1.29 is 8.42 Å². The Bertz CT molecular complexity index is 328. The number of sulfonamides is 1. The molecule has 3 nitrogen and oxygen atoms in total. The molecule has 1 saturated carbocycles. The summed E-state index contributed by atoms with van der Waals surface area (Å²) in [5.41, 5.74) is 1.17. The summed E-state index contributed by atoms with van der Waals surface area (Å²) in [5, 5.41) is 0. The summed E-state index contributed by atoms with van der Waals surface area (Å²) in [7, 11) is -2.95. The molecule has 1 aliphatic carbocycles. The molecule has 2 rings (SSSR count). The van der Waals surface area contributed by atoms with Crippen molar-refractivity contribution in [1.82, 2.24) is 4.31 Å². The largest absolute Gasteiger partial charge is 0.214 e. The second kappa shape index (κ2) is 3.10. The van der Waals surface area contributed by atoms with Gasteiger partial charge in [0.25, 0.3) is 0 Å². The molecule has 0 N–H and O–H groups in total. The van der Waals surface area contributed by atoms with Gasteiger partial charge in [0.15, 0.2) is 0 Å². The molecule has 0 unspecified atom stereocenters. The maximum atomic E-state index is 11.7. The molecule has 0 radical (unpaired) electrons. The molecule has 2 aliphatic rings. The predicted molar refractivity (Wildman–Crippen MR) is 51.8 cm³/mol. The summed E-state index contributed by atoms with van der Waals surface area (Å²) >= 11 is 0. The van der Waals surface area contributed by atoms with E-state index < -0.39 is 10.0 Å². The van der Waals surface area contributed by atoms with Gasteiger partial charge >= 0.3 is 0 Å². The Hall–Kier alpha value is -0.350. The van der Waals surface area contributed by atoms with Gasteiger partial charge < -0.3 is 0 Å². The Morgan fingerprint density at radius 3 is 2.69 bits per heavy atom. The number of rotatable bonds is 3. The monoisotopic (exact) mass is 201 g/mol. The molecule has 0 aromatic rings.